The third kappa shape index (κ3) is 4.55. The van der Waals surface area contributed by atoms with E-state index in [4.69, 9.17) is 0 Å². The average molecular weight is 365 g/mol. The zero-order valence-electron chi connectivity index (χ0n) is 16.3. The molecule has 0 spiro atoms. The molecule has 2 aromatic carbocycles. The van der Waals surface area contributed by atoms with Crippen molar-refractivity contribution >= 4 is 17.5 Å². The summed E-state index contributed by atoms with van der Waals surface area (Å²) in [6.45, 7) is 10.6. The highest BCUT2D eigenvalue weighted by Gasteiger charge is 2.21. The monoisotopic (exact) mass is 365 g/mol. The molecule has 3 rings (SSSR count). The minimum atomic E-state index is -0.172. The lowest BCUT2D eigenvalue weighted by Gasteiger charge is -2.34. The van der Waals surface area contributed by atoms with Crippen molar-refractivity contribution < 1.29 is 9.59 Å². The van der Waals surface area contributed by atoms with Crippen molar-refractivity contribution in [2.45, 2.75) is 20.8 Å². The maximum atomic E-state index is 12.6. The molecule has 0 bridgehead atoms. The van der Waals surface area contributed by atoms with Crippen LogP contribution >= 0.6 is 0 Å². The van der Waals surface area contributed by atoms with Crippen molar-refractivity contribution in [3.63, 3.8) is 0 Å². The van der Waals surface area contributed by atoms with Crippen molar-refractivity contribution in [2.24, 2.45) is 0 Å². The van der Waals surface area contributed by atoms with E-state index in [0.717, 1.165) is 44.0 Å². The van der Waals surface area contributed by atoms with Crippen LogP contribution in [0.3, 0.4) is 0 Å². The van der Waals surface area contributed by atoms with Crippen molar-refractivity contribution in [1.82, 2.24) is 9.80 Å². The summed E-state index contributed by atoms with van der Waals surface area (Å²) in [5.41, 5.74) is 4.27. The maximum Gasteiger partial charge on any atom is 0.255 e. The molecule has 1 saturated heterocycles. The largest absolute Gasteiger partial charge is 0.336 e. The zero-order valence-corrected chi connectivity index (χ0v) is 16.3. The number of benzene rings is 2. The molecule has 0 aromatic heterocycles. The number of piperazine rings is 1. The van der Waals surface area contributed by atoms with Crippen LogP contribution in [-0.2, 0) is 0 Å². The van der Waals surface area contributed by atoms with Crippen molar-refractivity contribution in [1.29, 1.82) is 0 Å². The van der Waals surface area contributed by atoms with Crippen LogP contribution in [0.2, 0.25) is 0 Å². The van der Waals surface area contributed by atoms with E-state index in [0.29, 0.717) is 11.1 Å². The fraction of sp³-hybridized carbons (Fsp3) is 0.364. The van der Waals surface area contributed by atoms with Gasteiger partial charge >= 0.3 is 0 Å². The summed E-state index contributed by atoms with van der Waals surface area (Å²) in [6, 6.07) is 12.8. The Bertz CT molecular complexity index is 822. The predicted molar refractivity (Wildman–Crippen MR) is 108 cm³/mol. The van der Waals surface area contributed by atoms with Gasteiger partial charge in [0, 0.05) is 43.0 Å². The second-order valence-corrected chi connectivity index (χ2v) is 7.06. The normalized spacial score (nSPS) is 14.9. The van der Waals surface area contributed by atoms with Crippen molar-refractivity contribution in [3.8, 4) is 0 Å². The maximum absolute atomic E-state index is 12.6. The van der Waals surface area contributed by atoms with Gasteiger partial charge in [0.2, 0.25) is 0 Å². The minimum absolute atomic E-state index is 0.0341. The molecule has 2 amide bonds. The van der Waals surface area contributed by atoms with Crippen LogP contribution in [0.25, 0.3) is 0 Å². The van der Waals surface area contributed by atoms with Gasteiger partial charge in [-0.25, -0.2) is 0 Å². The molecule has 1 aliphatic rings. The molecule has 0 radical (unpaired) electrons. The van der Waals surface area contributed by atoms with Gasteiger partial charge in [0.1, 0.15) is 0 Å². The molecule has 1 N–H and O–H groups in total. The fourth-order valence-electron chi connectivity index (χ4n) is 3.24. The van der Waals surface area contributed by atoms with E-state index in [9.17, 15) is 9.59 Å². The van der Waals surface area contributed by atoms with Crippen LogP contribution < -0.4 is 5.32 Å². The quantitative estimate of drug-likeness (QED) is 0.904. The summed E-state index contributed by atoms with van der Waals surface area (Å²) in [5.74, 6) is -0.138. The summed E-state index contributed by atoms with van der Waals surface area (Å²) in [5, 5.41) is 2.91. The van der Waals surface area contributed by atoms with Crippen molar-refractivity contribution in [2.75, 3.05) is 38.0 Å². The summed E-state index contributed by atoms with van der Waals surface area (Å²) >= 11 is 0. The zero-order chi connectivity index (χ0) is 19.4. The molecule has 2 aromatic rings. The molecule has 0 aliphatic carbocycles. The second kappa shape index (κ2) is 8.35. The Morgan fingerprint density at radius 2 is 1.52 bits per heavy atom. The molecule has 0 unspecified atom stereocenters. The molecule has 142 valence electrons. The Morgan fingerprint density at radius 1 is 0.889 bits per heavy atom. The van der Waals surface area contributed by atoms with E-state index >= 15 is 0 Å². The molecule has 27 heavy (non-hydrogen) atoms. The lowest BCUT2D eigenvalue weighted by molar-refractivity contribution is 0.0643. The topological polar surface area (TPSA) is 52.7 Å². The molecule has 1 heterocycles. The van der Waals surface area contributed by atoms with E-state index in [1.54, 1.807) is 24.3 Å². The predicted octanol–water partition coefficient (Wildman–Crippen LogP) is 3.33. The highest BCUT2D eigenvalue weighted by Crippen LogP contribution is 2.16. The summed E-state index contributed by atoms with van der Waals surface area (Å²) in [4.78, 5) is 29.3. The Morgan fingerprint density at radius 3 is 2.11 bits per heavy atom. The molecule has 0 saturated carbocycles. The second-order valence-electron chi connectivity index (χ2n) is 7.06. The number of aryl methyl sites for hydroxylation is 2. The van der Waals surface area contributed by atoms with Gasteiger partial charge in [-0.15, -0.1) is 0 Å². The first-order valence-corrected chi connectivity index (χ1v) is 9.48. The smallest absolute Gasteiger partial charge is 0.255 e. The number of nitrogens with one attached hydrogen (secondary N) is 1. The van der Waals surface area contributed by atoms with Gasteiger partial charge in [-0.1, -0.05) is 13.0 Å². The third-order valence-corrected chi connectivity index (χ3v) is 5.27. The number of hydrogen-bond acceptors (Lipinski definition) is 3. The molecule has 1 aliphatic heterocycles. The first kappa shape index (κ1) is 19.1. The summed E-state index contributed by atoms with van der Waals surface area (Å²) < 4.78 is 0. The van der Waals surface area contributed by atoms with E-state index in [1.807, 2.05) is 36.9 Å². The Hall–Kier alpha value is -2.66. The standard InChI is InChI=1S/C22H27N3O2/c1-4-24-11-13-25(14-12-24)22(27)19-8-6-18(7-9-19)21(26)23-20-10-5-16(2)17(3)15-20/h5-10,15H,4,11-14H2,1-3H3,(H,23,26). The van der Waals surface area contributed by atoms with Gasteiger partial charge in [-0.05, 0) is 67.9 Å². The van der Waals surface area contributed by atoms with Crippen LogP contribution in [0.15, 0.2) is 42.5 Å². The van der Waals surface area contributed by atoms with Gasteiger partial charge in [0.05, 0.1) is 0 Å². The van der Waals surface area contributed by atoms with E-state index in [1.165, 1.54) is 5.56 Å². The highest BCUT2D eigenvalue weighted by molar-refractivity contribution is 6.05. The SMILES string of the molecule is CCN1CCN(C(=O)c2ccc(C(=O)Nc3ccc(C)c(C)c3)cc2)CC1. The number of amides is 2. The number of hydrogen-bond donors (Lipinski definition) is 1. The molecule has 5 heteroatoms. The van der Waals surface area contributed by atoms with E-state index in [-0.39, 0.29) is 11.8 Å². The van der Waals surface area contributed by atoms with Gasteiger partial charge < -0.3 is 15.1 Å². The Kier molecular flexibility index (Phi) is 5.91. The van der Waals surface area contributed by atoms with Gasteiger partial charge in [0.25, 0.3) is 11.8 Å². The summed E-state index contributed by atoms with van der Waals surface area (Å²) in [6.07, 6.45) is 0. The lowest BCUT2D eigenvalue weighted by Crippen LogP contribution is -2.48. The van der Waals surface area contributed by atoms with E-state index < -0.39 is 0 Å². The lowest BCUT2D eigenvalue weighted by atomic mass is 10.1. The first-order valence-electron chi connectivity index (χ1n) is 9.48. The van der Waals surface area contributed by atoms with Crippen LogP contribution in [0.5, 0.6) is 0 Å². The van der Waals surface area contributed by atoms with Crippen LogP contribution in [-0.4, -0.2) is 54.3 Å². The number of carbonyl (C=O) groups excluding carboxylic acids is 2. The minimum Gasteiger partial charge on any atom is -0.336 e. The number of rotatable bonds is 4. The Balaban J connectivity index is 1.63. The average Bonchev–Trinajstić information content (AvgIpc) is 2.70. The van der Waals surface area contributed by atoms with Crippen LogP contribution in [0, 0.1) is 13.8 Å². The number of carbonyl (C=O) groups is 2. The summed E-state index contributed by atoms with van der Waals surface area (Å²) in [7, 11) is 0. The number of nitrogens with zero attached hydrogens (tertiary/aromatic N) is 2. The van der Waals surface area contributed by atoms with Gasteiger partial charge in [-0.3, -0.25) is 9.59 Å². The molecule has 0 atom stereocenters. The van der Waals surface area contributed by atoms with Crippen LogP contribution in [0.4, 0.5) is 5.69 Å². The number of anilines is 1. The van der Waals surface area contributed by atoms with E-state index in [2.05, 4.69) is 17.1 Å². The molecule has 1 fully saturated rings. The molecule has 5 nitrogen and oxygen atoms in total. The highest BCUT2D eigenvalue weighted by atomic mass is 16.2. The van der Waals surface area contributed by atoms with Gasteiger partial charge in [-0.2, -0.15) is 0 Å². The Labute approximate surface area is 161 Å². The molecular weight excluding hydrogens is 338 g/mol. The number of likely N-dealkylation sites (N-methyl/N-ethyl adjacent to an activating group) is 1. The van der Waals surface area contributed by atoms with Crippen LogP contribution in [0.1, 0.15) is 38.8 Å². The molecular formula is C22H27N3O2. The fourth-order valence-corrected chi connectivity index (χ4v) is 3.24. The first-order chi connectivity index (χ1) is 13.0. The third-order valence-electron chi connectivity index (χ3n) is 5.27. The van der Waals surface area contributed by atoms with Crippen molar-refractivity contribution in [3.05, 3.63) is 64.7 Å². The van der Waals surface area contributed by atoms with Gasteiger partial charge in [0.15, 0.2) is 0 Å².